The van der Waals surface area contributed by atoms with Gasteiger partial charge in [0.2, 0.25) is 0 Å². The average molecular weight is 427 g/mol. The number of fused-ring (bicyclic) bond motifs is 2. The minimum absolute atomic E-state index is 0.117. The smallest absolute Gasteiger partial charge is 0.280 e. The van der Waals surface area contributed by atoms with Crippen molar-refractivity contribution < 1.29 is 13.9 Å². The van der Waals surface area contributed by atoms with E-state index in [2.05, 4.69) is 34.0 Å². The maximum atomic E-state index is 13.9. The standard InChI is InChI=1S/C22H23FN4O2S/c1-22(2)12-27(16-4-3-13(23)11-15(16)22)17-5-8-24-20-18(17)26-21(30-20)19(28)25-14-6-9-29-10-7-14/h3-5,8,11,14H,6-7,9-10,12H2,1-2H3,(H,25,28). The third-order valence-electron chi connectivity index (χ3n) is 5.85. The van der Waals surface area contributed by atoms with Crippen molar-refractivity contribution in [3.05, 3.63) is 46.9 Å². The molecule has 3 aromatic rings. The second-order valence-corrected chi connectivity index (χ2v) is 9.47. The molecule has 1 fully saturated rings. The molecule has 5 rings (SSSR count). The number of anilines is 2. The van der Waals surface area contributed by atoms with Crippen LogP contribution < -0.4 is 10.2 Å². The molecule has 0 spiro atoms. The molecule has 1 saturated heterocycles. The van der Waals surface area contributed by atoms with Gasteiger partial charge in [0, 0.05) is 43.1 Å². The van der Waals surface area contributed by atoms with Gasteiger partial charge in [-0.15, -0.1) is 0 Å². The zero-order valence-electron chi connectivity index (χ0n) is 16.9. The Morgan fingerprint density at radius 2 is 2.07 bits per heavy atom. The van der Waals surface area contributed by atoms with Gasteiger partial charge in [0.15, 0.2) is 5.01 Å². The number of nitrogens with one attached hydrogen (secondary N) is 1. The van der Waals surface area contributed by atoms with Crippen molar-refractivity contribution in [3.8, 4) is 0 Å². The summed E-state index contributed by atoms with van der Waals surface area (Å²) in [5.74, 6) is -0.399. The third-order valence-corrected chi connectivity index (χ3v) is 6.81. The fraction of sp³-hybridized carbons (Fsp3) is 0.409. The summed E-state index contributed by atoms with van der Waals surface area (Å²) < 4.78 is 19.2. The predicted octanol–water partition coefficient (Wildman–Crippen LogP) is 4.17. The number of halogens is 1. The van der Waals surface area contributed by atoms with Crippen LogP contribution in [0.4, 0.5) is 15.8 Å². The maximum Gasteiger partial charge on any atom is 0.280 e. The van der Waals surface area contributed by atoms with E-state index in [4.69, 9.17) is 4.74 Å². The van der Waals surface area contributed by atoms with Crippen LogP contribution in [0, 0.1) is 5.82 Å². The molecule has 30 heavy (non-hydrogen) atoms. The number of pyridine rings is 1. The summed E-state index contributed by atoms with van der Waals surface area (Å²) in [6, 6.07) is 6.95. The van der Waals surface area contributed by atoms with Crippen LogP contribution in [0.1, 0.15) is 42.1 Å². The minimum atomic E-state index is -0.232. The summed E-state index contributed by atoms with van der Waals surface area (Å²) in [4.78, 5) is 24.7. The SMILES string of the molecule is CC1(C)CN(c2ccnc3sc(C(=O)NC4CCOCC4)nc23)c2ccc(F)cc21. The Hall–Kier alpha value is -2.58. The quantitative estimate of drug-likeness (QED) is 0.681. The van der Waals surface area contributed by atoms with E-state index in [1.807, 2.05) is 12.1 Å². The number of hydrogen-bond acceptors (Lipinski definition) is 6. The summed E-state index contributed by atoms with van der Waals surface area (Å²) in [7, 11) is 0. The van der Waals surface area contributed by atoms with Crippen molar-refractivity contribution in [1.29, 1.82) is 0 Å². The second-order valence-electron chi connectivity index (χ2n) is 8.49. The van der Waals surface area contributed by atoms with Crippen molar-refractivity contribution in [2.75, 3.05) is 24.7 Å². The second kappa shape index (κ2) is 7.28. The Balaban J connectivity index is 1.50. The van der Waals surface area contributed by atoms with E-state index in [1.54, 1.807) is 12.3 Å². The molecule has 0 saturated carbocycles. The molecular formula is C22H23FN4O2S. The number of carbonyl (C=O) groups excluding carboxylic acids is 1. The van der Waals surface area contributed by atoms with Crippen molar-refractivity contribution in [1.82, 2.24) is 15.3 Å². The number of benzene rings is 1. The third kappa shape index (κ3) is 3.33. The monoisotopic (exact) mass is 426 g/mol. The molecule has 0 aliphatic carbocycles. The van der Waals surface area contributed by atoms with Gasteiger partial charge in [-0.1, -0.05) is 25.2 Å². The number of carbonyl (C=O) groups is 1. The number of rotatable bonds is 3. The van der Waals surface area contributed by atoms with E-state index in [-0.39, 0.29) is 23.2 Å². The Bertz CT molecular complexity index is 1120. The average Bonchev–Trinajstić information content (AvgIpc) is 3.28. The largest absolute Gasteiger partial charge is 0.381 e. The van der Waals surface area contributed by atoms with Crippen LogP contribution in [0.3, 0.4) is 0 Å². The molecule has 4 heterocycles. The summed E-state index contributed by atoms with van der Waals surface area (Å²) in [5, 5.41) is 3.48. The molecule has 1 amide bonds. The van der Waals surface area contributed by atoms with E-state index in [1.165, 1.54) is 17.4 Å². The van der Waals surface area contributed by atoms with Crippen LogP contribution >= 0.6 is 11.3 Å². The number of thiazole rings is 1. The zero-order chi connectivity index (χ0) is 20.9. The summed E-state index contributed by atoms with van der Waals surface area (Å²) in [6.07, 6.45) is 3.37. The minimum Gasteiger partial charge on any atom is -0.381 e. The normalized spacial score (nSPS) is 18.6. The first-order chi connectivity index (χ1) is 14.4. The lowest BCUT2D eigenvalue weighted by Crippen LogP contribution is -2.38. The van der Waals surface area contributed by atoms with Gasteiger partial charge in [-0.3, -0.25) is 4.79 Å². The van der Waals surface area contributed by atoms with Gasteiger partial charge in [0.1, 0.15) is 16.2 Å². The number of nitrogens with zero attached hydrogens (tertiary/aromatic N) is 3. The molecule has 6 nitrogen and oxygen atoms in total. The van der Waals surface area contributed by atoms with Gasteiger partial charge in [-0.05, 0) is 42.7 Å². The molecule has 0 atom stereocenters. The van der Waals surface area contributed by atoms with Gasteiger partial charge in [-0.2, -0.15) is 0 Å². The van der Waals surface area contributed by atoms with E-state index < -0.39 is 0 Å². The van der Waals surface area contributed by atoms with E-state index in [0.29, 0.717) is 30.3 Å². The fourth-order valence-corrected chi connectivity index (χ4v) is 5.12. The van der Waals surface area contributed by atoms with Crippen molar-refractivity contribution >= 4 is 39.0 Å². The van der Waals surface area contributed by atoms with Gasteiger partial charge < -0.3 is 15.0 Å². The van der Waals surface area contributed by atoms with Crippen LogP contribution in [0.2, 0.25) is 0 Å². The topological polar surface area (TPSA) is 67.4 Å². The van der Waals surface area contributed by atoms with Crippen LogP contribution in [-0.2, 0) is 10.2 Å². The Labute approximate surface area is 178 Å². The molecule has 2 aliphatic heterocycles. The van der Waals surface area contributed by atoms with Gasteiger partial charge >= 0.3 is 0 Å². The lowest BCUT2D eigenvalue weighted by molar-refractivity contribution is 0.0696. The van der Waals surface area contributed by atoms with Crippen molar-refractivity contribution in [3.63, 3.8) is 0 Å². The molecule has 0 radical (unpaired) electrons. The first-order valence-electron chi connectivity index (χ1n) is 10.1. The highest BCUT2D eigenvalue weighted by Gasteiger charge is 2.37. The van der Waals surface area contributed by atoms with Crippen LogP contribution in [0.5, 0.6) is 0 Å². The summed E-state index contributed by atoms with van der Waals surface area (Å²) >= 11 is 1.30. The highest BCUT2D eigenvalue weighted by molar-refractivity contribution is 7.20. The van der Waals surface area contributed by atoms with Gasteiger partial charge in [0.05, 0.1) is 5.69 Å². The first-order valence-corrected chi connectivity index (χ1v) is 11.0. The molecule has 0 unspecified atom stereocenters. The molecule has 2 aromatic heterocycles. The molecule has 2 aliphatic rings. The zero-order valence-corrected chi connectivity index (χ0v) is 17.8. The fourth-order valence-electron chi connectivity index (χ4n) is 4.29. The number of aromatic nitrogens is 2. The summed E-state index contributed by atoms with van der Waals surface area (Å²) in [6.45, 7) is 6.25. The van der Waals surface area contributed by atoms with Crippen LogP contribution in [0.25, 0.3) is 10.3 Å². The van der Waals surface area contributed by atoms with Crippen molar-refractivity contribution in [2.24, 2.45) is 0 Å². The highest BCUT2D eigenvalue weighted by Crippen LogP contribution is 2.46. The number of hydrogen-bond donors (Lipinski definition) is 1. The molecular weight excluding hydrogens is 403 g/mol. The van der Waals surface area contributed by atoms with Crippen molar-refractivity contribution in [2.45, 2.75) is 38.1 Å². The lowest BCUT2D eigenvalue weighted by atomic mass is 9.87. The molecule has 0 bridgehead atoms. The Kier molecular flexibility index (Phi) is 4.71. The van der Waals surface area contributed by atoms with E-state index in [9.17, 15) is 9.18 Å². The van der Waals surface area contributed by atoms with Crippen LogP contribution in [0.15, 0.2) is 30.5 Å². The number of amides is 1. The summed E-state index contributed by atoms with van der Waals surface area (Å²) in [5.41, 5.74) is 3.33. The molecule has 8 heteroatoms. The van der Waals surface area contributed by atoms with E-state index in [0.717, 1.165) is 34.6 Å². The molecule has 1 aromatic carbocycles. The van der Waals surface area contributed by atoms with Gasteiger partial charge in [0.25, 0.3) is 5.91 Å². The Morgan fingerprint density at radius 3 is 2.87 bits per heavy atom. The van der Waals surface area contributed by atoms with Crippen LogP contribution in [-0.4, -0.2) is 41.7 Å². The van der Waals surface area contributed by atoms with E-state index >= 15 is 0 Å². The Morgan fingerprint density at radius 1 is 1.27 bits per heavy atom. The molecule has 1 N–H and O–H groups in total. The predicted molar refractivity (Wildman–Crippen MR) is 115 cm³/mol. The maximum absolute atomic E-state index is 13.9. The lowest BCUT2D eigenvalue weighted by Gasteiger charge is -2.22. The number of ether oxygens (including phenoxy) is 1. The highest BCUT2D eigenvalue weighted by atomic mass is 32.1. The van der Waals surface area contributed by atoms with Gasteiger partial charge in [-0.25, -0.2) is 14.4 Å². The molecule has 156 valence electrons. The first kappa shape index (κ1) is 19.4.